The van der Waals surface area contributed by atoms with E-state index >= 15 is 0 Å². The summed E-state index contributed by atoms with van der Waals surface area (Å²) in [6, 6.07) is 57.2. The number of hydrogen-bond donors (Lipinski definition) is 0. The lowest BCUT2D eigenvalue weighted by Gasteiger charge is -2.16. The number of fused-ring (bicyclic) bond motifs is 7. The van der Waals surface area contributed by atoms with Crippen LogP contribution in [0.15, 0.2) is 158 Å². The molecule has 0 aliphatic carbocycles. The summed E-state index contributed by atoms with van der Waals surface area (Å²) in [6.07, 6.45) is 0. The van der Waals surface area contributed by atoms with Crippen molar-refractivity contribution in [2.75, 3.05) is 0 Å². The van der Waals surface area contributed by atoms with E-state index in [-0.39, 0.29) is 0 Å². The minimum absolute atomic E-state index is 1.17. The van der Waals surface area contributed by atoms with Crippen LogP contribution < -0.4 is 0 Å². The van der Waals surface area contributed by atoms with Crippen molar-refractivity contribution < 1.29 is 0 Å². The van der Waals surface area contributed by atoms with E-state index in [0.29, 0.717) is 0 Å². The predicted molar refractivity (Wildman–Crippen MR) is 178 cm³/mol. The Morgan fingerprint density at radius 3 is 1.64 bits per heavy atom. The lowest BCUT2D eigenvalue weighted by molar-refractivity contribution is 1.17. The van der Waals surface area contributed by atoms with Gasteiger partial charge < -0.3 is 9.13 Å². The zero-order valence-electron chi connectivity index (χ0n) is 22.9. The Hall–Kier alpha value is -5.60. The monoisotopic (exact) mass is 534 g/mol. The Balaban J connectivity index is 1.44. The van der Waals surface area contributed by atoms with Gasteiger partial charge in [0.1, 0.15) is 0 Å². The molecule has 0 saturated heterocycles. The Morgan fingerprint density at radius 2 is 0.857 bits per heavy atom. The lowest BCUT2D eigenvalue weighted by Crippen LogP contribution is -1.98. The van der Waals surface area contributed by atoms with Gasteiger partial charge in [-0.25, -0.2) is 0 Å². The molecule has 0 aliphatic heterocycles. The van der Waals surface area contributed by atoms with E-state index in [2.05, 4.69) is 167 Å². The van der Waals surface area contributed by atoms with Crippen molar-refractivity contribution in [1.82, 2.24) is 9.13 Å². The molecule has 7 aromatic carbocycles. The SMILES string of the molecule is c1ccc(-n2c3ccccc3c3cc4c5ccccc5n(-c5ccccc5-c5cccc6ccccc56)c4cc32)cc1. The first-order valence-electron chi connectivity index (χ1n) is 14.5. The maximum Gasteiger partial charge on any atom is 0.0562 e. The molecule has 0 N–H and O–H groups in total. The summed E-state index contributed by atoms with van der Waals surface area (Å²) < 4.78 is 4.87. The Bertz CT molecular complexity index is 2450. The van der Waals surface area contributed by atoms with Gasteiger partial charge in [0, 0.05) is 32.8 Å². The highest BCUT2D eigenvalue weighted by Crippen LogP contribution is 2.41. The molecular formula is C40H26N2. The smallest absolute Gasteiger partial charge is 0.0562 e. The van der Waals surface area contributed by atoms with Crippen LogP contribution in [0.5, 0.6) is 0 Å². The Morgan fingerprint density at radius 1 is 0.310 bits per heavy atom. The van der Waals surface area contributed by atoms with E-state index in [0.717, 1.165) is 0 Å². The summed E-state index contributed by atoms with van der Waals surface area (Å²) in [7, 11) is 0. The first kappa shape index (κ1) is 23.1. The van der Waals surface area contributed by atoms with Gasteiger partial charge in [-0.1, -0.05) is 115 Å². The fourth-order valence-electron chi connectivity index (χ4n) is 6.90. The predicted octanol–water partition coefficient (Wildman–Crippen LogP) is 10.7. The largest absolute Gasteiger partial charge is 0.309 e. The number of benzene rings is 7. The molecular weight excluding hydrogens is 508 g/mol. The third-order valence-corrected chi connectivity index (χ3v) is 8.71. The first-order chi connectivity index (χ1) is 20.9. The maximum atomic E-state index is 2.47. The molecule has 2 heterocycles. The van der Waals surface area contributed by atoms with Crippen LogP contribution in [0, 0.1) is 0 Å². The second kappa shape index (κ2) is 8.95. The van der Waals surface area contributed by atoms with E-state index in [1.165, 1.54) is 76.9 Å². The molecule has 9 rings (SSSR count). The molecule has 196 valence electrons. The van der Waals surface area contributed by atoms with Gasteiger partial charge in [-0.2, -0.15) is 0 Å². The molecule has 0 amide bonds. The highest BCUT2D eigenvalue weighted by Gasteiger charge is 2.20. The number of hydrogen-bond acceptors (Lipinski definition) is 0. The van der Waals surface area contributed by atoms with Crippen LogP contribution in [-0.4, -0.2) is 9.13 Å². The average Bonchev–Trinajstić information content (AvgIpc) is 3.56. The van der Waals surface area contributed by atoms with Gasteiger partial charge in [0.25, 0.3) is 0 Å². The fraction of sp³-hybridized carbons (Fsp3) is 0. The van der Waals surface area contributed by atoms with Gasteiger partial charge in [-0.3, -0.25) is 0 Å². The summed E-state index contributed by atoms with van der Waals surface area (Å²) in [5.41, 5.74) is 9.66. The second-order valence-corrected chi connectivity index (χ2v) is 11.0. The van der Waals surface area contributed by atoms with Gasteiger partial charge in [0.2, 0.25) is 0 Å². The molecule has 0 radical (unpaired) electrons. The molecule has 0 saturated carbocycles. The summed E-state index contributed by atoms with van der Waals surface area (Å²) in [6.45, 7) is 0. The second-order valence-electron chi connectivity index (χ2n) is 11.0. The minimum Gasteiger partial charge on any atom is -0.309 e. The number of rotatable bonds is 3. The van der Waals surface area contributed by atoms with Crippen molar-refractivity contribution in [3.05, 3.63) is 158 Å². The number of nitrogens with zero attached hydrogens (tertiary/aromatic N) is 2. The van der Waals surface area contributed by atoms with Crippen LogP contribution in [0.4, 0.5) is 0 Å². The molecule has 0 aliphatic rings. The minimum atomic E-state index is 1.17. The first-order valence-corrected chi connectivity index (χ1v) is 14.5. The molecule has 42 heavy (non-hydrogen) atoms. The molecule has 0 fully saturated rings. The van der Waals surface area contributed by atoms with E-state index in [1.54, 1.807) is 0 Å². The maximum absolute atomic E-state index is 2.47. The van der Waals surface area contributed by atoms with Crippen LogP contribution in [-0.2, 0) is 0 Å². The Kier molecular flexibility index (Phi) is 4.93. The third-order valence-electron chi connectivity index (χ3n) is 8.71. The third kappa shape index (κ3) is 3.27. The molecule has 2 aromatic heterocycles. The topological polar surface area (TPSA) is 9.86 Å². The molecule has 0 spiro atoms. The summed E-state index contributed by atoms with van der Waals surface area (Å²) in [5, 5.41) is 7.58. The normalized spacial score (nSPS) is 11.8. The molecule has 2 nitrogen and oxygen atoms in total. The van der Waals surface area contributed by atoms with Crippen LogP contribution in [0.3, 0.4) is 0 Å². The summed E-state index contributed by atoms with van der Waals surface area (Å²) in [4.78, 5) is 0. The van der Waals surface area contributed by atoms with E-state index in [1.807, 2.05) is 0 Å². The van der Waals surface area contributed by atoms with Crippen LogP contribution in [0.25, 0.3) is 76.9 Å². The highest BCUT2D eigenvalue weighted by atomic mass is 15.0. The molecule has 0 atom stereocenters. The summed E-state index contributed by atoms with van der Waals surface area (Å²) in [5.74, 6) is 0. The van der Waals surface area contributed by atoms with Crippen molar-refractivity contribution in [3.8, 4) is 22.5 Å². The van der Waals surface area contributed by atoms with Gasteiger partial charge in [-0.15, -0.1) is 0 Å². The zero-order chi connectivity index (χ0) is 27.6. The van der Waals surface area contributed by atoms with Crippen molar-refractivity contribution >= 4 is 54.4 Å². The summed E-state index contributed by atoms with van der Waals surface area (Å²) >= 11 is 0. The van der Waals surface area contributed by atoms with E-state index in [9.17, 15) is 0 Å². The van der Waals surface area contributed by atoms with Crippen molar-refractivity contribution in [2.24, 2.45) is 0 Å². The molecule has 0 bridgehead atoms. The Labute approximate surface area is 243 Å². The van der Waals surface area contributed by atoms with E-state index in [4.69, 9.17) is 0 Å². The van der Waals surface area contributed by atoms with Gasteiger partial charge in [0.15, 0.2) is 0 Å². The number of aromatic nitrogens is 2. The molecule has 9 aromatic rings. The number of para-hydroxylation sites is 4. The molecule has 0 unspecified atom stereocenters. The average molecular weight is 535 g/mol. The standard InChI is InChI=1S/C40H26N2/c1-2-15-28(16-3-1)41-36-22-9-7-19-32(36)34-25-35-33-20-8-11-24-38(33)42(40(35)26-39(34)41)37-23-10-6-18-31(37)30-21-12-14-27-13-4-5-17-29(27)30/h1-26H. The van der Waals surface area contributed by atoms with Crippen molar-refractivity contribution in [2.45, 2.75) is 0 Å². The van der Waals surface area contributed by atoms with Crippen LogP contribution in [0.2, 0.25) is 0 Å². The van der Waals surface area contributed by atoms with Crippen molar-refractivity contribution in [1.29, 1.82) is 0 Å². The van der Waals surface area contributed by atoms with Crippen LogP contribution >= 0.6 is 0 Å². The van der Waals surface area contributed by atoms with Crippen LogP contribution in [0.1, 0.15) is 0 Å². The van der Waals surface area contributed by atoms with Gasteiger partial charge >= 0.3 is 0 Å². The van der Waals surface area contributed by atoms with Gasteiger partial charge in [0.05, 0.1) is 27.8 Å². The van der Waals surface area contributed by atoms with Gasteiger partial charge in [-0.05, 0) is 58.8 Å². The van der Waals surface area contributed by atoms with E-state index < -0.39 is 0 Å². The molecule has 2 heteroatoms. The quantitative estimate of drug-likeness (QED) is 0.213. The fourth-order valence-corrected chi connectivity index (χ4v) is 6.90. The lowest BCUT2D eigenvalue weighted by atomic mass is 9.97. The van der Waals surface area contributed by atoms with Crippen molar-refractivity contribution in [3.63, 3.8) is 0 Å². The zero-order valence-corrected chi connectivity index (χ0v) is 22.9. The highest BCUT2D eigenvalue weighted by molar-refractivity contribution is 6.19.